The zero-order valence-electron chi connectivity index (χ0n) is 7.85. The van der Waals surface area contributed by atoms with Crippen molar-refractivity contribution in [2.45, 2.75) is 34.1 Å². The number of hydrogen-bond donors (Lipinski definition) is 1. The van der Waals surface area contributed by atoms with E-state index >= 15 is 0 Å². The van der Waals surface area contributed by atoms with Crippen molar-refractivity contribution in [2.75, 3.05) is 6.61 Å². The summed E-state index contributed by atoms with van der Waals surface area (Å²) in [5, 5.41) is 8.70. The Kier molecular flexibility index (Phi) is 3.73. The first kappa shape index (κ1) is 10.6. The Balaban J connectivity index is 4.22. The molecular formula is C9H18O2. The number of Topliss-reactive ketones (excluding diaryl/α,β-unsaturated/α-hetero) is 1. The molecule has 0 rings (SSSR count). The summed E-state index contributed by atoms with van der Waals surface area (Å²) in [6.45, 7) is 7.76. The minimum Gasteiger partial charge on any atom is -0.396 e. The van der Waals surface area contributed by atoms with Crippen LogP contribution in [-0.4, -0.2) is 17.5 Å². The fourth-order valence-corrected chi connectivity index (χ4v) is 1.38. The smallest absolute Gasteiger partial charge is 0.133 e. The molecule has 0 fully saturated rings. The quantitative estimate of drug-likeness (QED) is 0.677. The lowest BCUT2D eigenvalue weighted by molar-refractivity contribution is -0.124. The van der Waals surface area contributed by atoms with Gasteiger partial charge in [0.15, 0.2) is 0 Å². The maximum Gasteiger partial charge on any atom is 0.133 e. The molecule has 0 aliphatic heterocycles. The second-order valence-electron chi connectivity index (χ2n) is 4.04. The van der Waals surface area contributed by atoms with Crippen molar-refractivity contribution in [3.63, 3.8) is 0 Å². The molecule has 0 spiro atoms. The Morgan fingerprint density at radius 3 is 2.00 bits per heavy atom. The molecule has 0 aromatic heterocycles. The zero-order valence-corrected chi connectivity index (χ0v) is 7.85. The van der Waals surface area contributed by atoms with Gasteiger partial charge in [-0.25, -0.2) is 0 Å². The molecule has 2 heteroatoms. The molecule has 1 atom stereocenters. The van der Waals surface area contributed by atoms with E-state index in [1.807, 2.05) is 20.8 Å². The molecule has 0 aliphatic rings. The van der Waals surface area contributed by atoms with Gasteiger partial charge in [0.05, 0.1) is 0 Å². The summed E-state index contributed by atoms with van der Waals surface area (Å²) in [4.78, 5) is 11.1. The van der Waals surface area contributed by atoms with Crippen LogP contribution >= 0.6 is 0 Å². The second kappa shape index (κ2) is 3.86. The van der Waals surface area contributed by atoms with Gasteiger partial charge in [0.1, 0.15) is 5.78 Å². The minimum atomic E-state index is -0.0193. The Morgan fingerprint density at radius 1 is 1.45 bits per heavy atom. The molecule has 0 radical (unpaired) electrons. The standard InChI is InChI=1S/C9H18O2/c1-7(11)8(5-6-10)9(2,3)4/h8,10H,5-6H2,1-4H3. The molecule has 0 amide bonds. The fraction of sp³-hybridized carbons (Fsp3) is 0.889. The highest BCUT2D eigenvalue weighted by molar-refractivity contribution is 5.78. The van der Waals surface area contributed by atoms with Crippen LogP contribution in [0.3, 0.4) is 0 Å². The van der Waals surface area contributed by atoms with Gasteiger partial charge in [-0.1, -0.05) is 20.8 Å². The third kappa shape index (κ3) is 3.51. The number of carbonyl (C=O) groups is 1. The van der Waals surface area contributed by atoms with Gasteiger partial charge < -0.3 is 5.11 Å². The monoisotopic (exact) mass is 158 g/mol. The number of hydrogen-bond acceptors (Lipinski definition) is 2. The SMILES string of the molecule is CC(=O)C(CCO)C(C)(C)C. The fourth-order valence-electron chi connectivity index (χ4n) is 1.38. The first-order valence-corrected chi connectivity index (χ1v) is 4.01. The average Bonchev–Trinajstić information content (AvgIpc) is 1.79. The number of ketones is 1. The minimum absolute atomic E-state index is 0.00694. The van der Waals surface area contributed by atoms with E-state index in [1.165, 1.54) is 0 Å². The molecule has 0 aromatic carbocycles. The van der Waals surface area contributed by atoms with Crippen LogP contribution in [-0.2, 0) is 4.79 Å². The molecule has 11 heavy (non-hydrogen) atoms. The summed E-state index contributed by atoms with van der Waals surface area (Å²) in [6, 6.07) is 0. The van der Waals surface area contributed by atoms with Gasteiger partial charge >= 0.3 is 0 Å². The van der Waals surface area contributed by atoms with E-state index in [1.54, 1.807) is 6.92 Å². The first-order chi connectivity index (χ1) is 4.89. The summed E-state index contributed by atoms with van der Waals surface area (Å²) in [5.74, 6) is 0.166. The molecule has 0 saturated heterocycles. The molecule has 1 N–H and O–H groups in total. The van der Waals surface area contributed by atoms with Gasteiger partial charge in [-0.3, -0.25) is 4.79 Å². The number of carbonyl (C=O) groups excluding carboxylic acids is 1. The second-order valence-corrected chi connectivity index (χ2v) is 4.04. The predicted molar refractivity (Wildman–Crippen MR) is 45.3 cm³/mol. The van der Waals surface area contributed by atoms with Crippen molar-refractivity contribution in [2.24, 2.45) is 11.3 Å². The van der Waals surface area contributed by atoms with Crippen LogP contribution in [0.4, 0.5) is 0 Å². The molecule has 66 valence electrons. The van der Waals surface area contributed by atoms with E-state index in [0.29, 0.717) is 6.42 Å². The highest BCUT2D eigenvalue weighted by atomic mass is 16.3. The third-order valence-electron chi connectivity index (χ3n) is 1.95. The van der Waals surface area contributed by atoms with Crippen LogP contribution in [0, 0.1) is 11.3 Å². The lowest BCUT2D eigenvalue weighted by atomic mass is 9.77. The molecule has 0 bridgehead atoms. The molecule has 2 nitrogen and oxygen atoms in total. The molecule has 1 unspecified atom stereocenters. The summed E-state index contributed by atoms with van der Waals surface area (Å²) in [5.41, 5.74) is -0.0193. The molecule has 0 heterocycles. The number of aliphatic hydroxyl groups is 1. The number of aliphatic hydroxyl groups excluding tert-OH is 1. The Bertz CT molecular complexity index is 133. The van der Waals surface area contributed by atoms with Gasteiger partial charge in [-0.15, -0.1) is 0 Å². The summed E-state index contributed by atoms with van der Waals surface area (Å²) >= 11 is 0. The maximum absolute atomic E-state index is 11.1. The highest BCUT2D eigenvalue weighted by Gasteiger charge is 2.27. The third-order valence-corrected chi connectivity index (χ3v) is 1.95. The lowest BCUT2D eigenvalue weighted by Gasteiger charge is -2.27. The van der Waals surface area contributed by atoms with E-state index in [0.717, 1.165) is 0 Å². The average molecular weight is 158 g/mol. The maximum atomic E-state index is 11.1. The number of rotatable bonds is 3. The van der Waals surface area contributed by atoms with Gasteiger partial charge in [0, 0.05) is 12.5 Å². The van der Waals surface area contributed by atoms with Gasteiger partial charge in [-0.05, 0) is 18.8 Å². The van der Waals surface area contributed by atoms with Crippen LogP contribution in [0.15, 0.2) is 0 Å². The van der Waals surface area contributed by atoms with E-state index in [2.05, 4.69) is 0 Å². The van der Waals surface area contributed by atoms with Gasteiger partial charge in [-0.2, -0.15) is 0 Å². The van der Waals surface area contributed by atoms with Crippen LogP contribution in [0.5, 0.6) is 0 Å². The lowest BCUT2D eigenvalue weighted by Crippen LogP contribution is -2.27. The van der Waals surface area contributed by atoms with Crippen molar-refractivity contribution in [1.82, 2.24) is 0 Å². The van der Waals surface area contributed by atoms with Gasteiger partial charge in [0.2, 0.25) is 0 Å². The Morgan fingerprint density at radius 2 is 1.91 bits per heavy atom. The van der Waals surface area contributed by atoms with Crippen LogP contribution in [0.2, 0.25) is 0 Å². The van der Waals surface area contributed by atoms with E-state index in [4.69, 9.17) is 5.11 Å². The van der Waals surface area contributed by atoms with Gasteiger partial charge in [0.25, 0.3) is 0 Å². The van der Waals surface area contributed by atoms with Crippen molar-refractivity contribution >= 4 is 5.78 Å². The summed E-state index contributed by atoms with van der Waals surface area (Å²) in [7, 11) is 0. The van der Waals surface area contributed by atoms with Crippen LogP contribution < -0.4 is 0 Å². The molecule has 0 saturated carbocycles. The Labute approximate surface area is 68.6 Å². The highest BCUT2D eigenvalue weighted by Crippen LogP contribution is 2.28. The largest absolute Gasteiger partial charge is 0.396 e. The van der Waals surface area contributed by atoms with E-state index in [9.17, 15) is 4.79 Å². The summed E-state index contributed by atoms with van der Waals surface area (Å²) in [6.07, 6.45) is 0.582. The van der Waals surface area contributed by atoms with Crippen molar-refractivity contribution in [3.05, 3.63) is 0 Å². The van der Waals surface area contributed by atoms with E-state index in [-0.39, 0.29) is 23.7 Å². The van der Waals surface area contributed by atoms with Crippen molar-refractivity contribution in [3.8, 4) is 0 Å². The molecular weight excluding hydrogens is 140 g/mol. The van der Waals surface area contributed by atoms with Crippen LogP contribution in [0.25, 0.3) is 0 Å². The normalized spacial score (nSPS) is 14.6. The van der Waals surface area contributed by atoms with Crippen LogP contribution in [0.1, 0.15) is 34.1 Å². The summed E-state index contributed by atoms with van der Waals surface area (Å²) < 4.78 is 0. The predicted octanol–water partition coefficient (Wildman–Crippen LogP) is 1.62. The Hall–Kier alpha value is -0.370. The van der Waals surface area contributed by atoms with Crippen molar-refractivity contribution in [1.29, 1.82) is 0 Å². The molecule has 0 aliphatic carbocycles. The topological polar surface area (TPSA) is 37.3 Å². The van der Waals surface area contributed by atoms with E-state index < -0.39 is 0 Å². The first-order valence-electron chi connectivity index (χ1n) is 4.01. The molecule has 0 aromatic rings. The zero-order chi connectivity index (χ0) is 9.07. The van der Waals surface area contributed by atoms with Crippen molar-refractivity contribution < 1.29 is 9.90 Å².